The lowest BCUT2D eigenvalue weighted by molar-refractivity contribution is 0.0518. The summed E-state index contributed by atoms with van der Waals surface area (Å²) >= 11 is 15.8. The van der Waals surface area contributed by atoms with Crippen LogP contribution in [0.3, 0.4) is 0 Å². The van der Waals surface area contributed by atoms with E-state index in [1.165, 1.54) is 0 Å². The van der Waals surface area contributed by atoms with Crippen molar-refractivity contribution in [2.45, 2.75) is 32.9 Å². The Labute approximate surface area is 194 Å². The first-order valence-electron chi connectivity index (χ1n) is 9.54. The second kappa shape index (κ2) is 9.86. The third-order valence-corrected chi connectivity index (χ3v) is 5.55. The fraction of sp³-hybridized carbons (Fsp3) is 0.273. The van der Waals surface area contributed by atoms with E-state index in [-0.39, 0.29) is 18.3 Å². The van der Waals surface area contributed by atoms with E-state index in [0.717, 1.165) is 11.3 Å². The molecule has 0 aliphatic heterocycles. The predicted octanol–water partition coefficient (Wildman–Crippen LogP) is 6.91. The van der Waals surface area contributed by atoms with Gasteiger partial charge >= 0.3 is 5.97 Å². The second-order valence-electron chi connectivity index (χ2n) is 6.94. The summed E-state index contributed by atoms with van der Waals surface area (Å²) in [6, 6.07) is 14.5. The van der Waals surface area contributed by atoms with Crippen molar-refractivity contribution in [3.63, 3.8) is 0 Å². The molecule has 0 fully saturated rings. The maximum absolute atomic E-state index is 12.8. The van der Waals surface area contributed by atoms with Gasteiger partial charge in [0.2, 0.25) is 0 Å². The van der Waals surface area contributed by atoms with E-state index >= 15 is 0 Å². The third-order valence-electron chi connectivity index (χ3n) is 4.50. The minimum Gasteiger partial charge on any atom is -0.461 e. The first-order valence-corrected chi connectivity index (χ1v) is 11.1. The summed E-state index contributed by atoms with van der Waals surface area (Å²) < 4.78 is 7.82. The van der Waals surface area contributed by atoms with Crippen molar-refractivity contribution in [1.29, 1.82) is 0 Å². The SMILES string of the molecule is CCOC(=O)c1nc(Br)n(C(C)C)c1C(Nc1cccc(Cl)c1)c1ccc(Cl)cc1. The molecular formula is C22H22BrCl2N3O2. The molecule has 0 saturated carbocycles. The average molecular weight is 511 g/mol. The number of nitrogens with zero attached hydrogens (tertiary/aromatic N) is 2. The van der Waals surface area contributed by atoms with Gasteiger partial charge in [-0.15, -0.1) is 0 Å². The molecule has 0 saturated heterocycles. The van der Waals surface area contributed by atoms with Crippen LogP contribution >= 0.6 is 39.1 Å². The number of carbonyl (C=O) groups is 1. The minimum atomic E-state index is -0.473. The Balaban J connectivity index is 2.21. The van der Waals surface area contributed by atoms with Crippen LogP contribution < -0.4 is 5.32 Å². The van der Waals surface area contributed by atoms with E-state index in [4.69, 9.17) is 27.9 Å². The molecule has 0 bridgehead atoms. The molecule has 5 nitrogen and oxygen atoms in total. The topological polar surface area (TPSA) is 56.1 Å². The third kappa shape index (κ3) is 4.99. The Hall–Kier alpha value is -2.02. The van der Waals surface area contributed by atoms with Crippen molar-refractivity contribution in [1.82, 2.24) is 9.55 Å². The molecule has 8 heteroatoms. The van der Waals surface area contributed by atoms with Gasteiger partial charge in [0.1, 0.15) is 0 Å². The van der Waals surface area contributed by atoms with Crippen molar-refractivity contribution in [2.75, 3.05) is 11.9 Å². The van der Waals surface area contributed by atoms with Crippen LogP contribution in [0.5, 0.6) is 0 Å². The number of ether oxygens (including phenoxy) is 1. The Morgan fingerprint density at radius 1 is 1.17 bits per heavy atom. The largest absolute Gasteiger partial charge is 0.461 e. The van der Waals surface area contributed by atoms with Crippen LogP contribution in [0, 0.1) is 0 Å². The van der Waals surface area contributed by atoms with Gasteiger partial charge in [0.15, 0.2) is 10.4 Å². The summed E-state index contributed by atoms with van der Waals surface area (Å²) in [4.78, 5) is 17.2. The molecule has 3 aromatic rings. The van der Waals surface area contributed by atoms with Gasteiger partial charge in [0.25, 0.3) is 0 Å². The second-order valence-corrected chi connectivity index (χ2v) is 8.52. The summed E-state index contributed by atoms with van der Waals surface area (Å²) in [5.74, 6) is -0.473. The molecule has 1 heterocycles. The lowest BCUT2D eigenvalue weighted by Gasteiger charge is -2.25. The molecule has 30 heavy (non-hydrogen) atoms. The van der Waals surface area contributed by atoms with Crippen LogP contribution in [-0.4, -0.2) is 22.1 Å². The Bertz CT molecular complexity index is 1040. The Morgan fingerprint density at radius 3 is 2.47 bits per heavy atom. The van der Waals surface area contributed by atoms with Crippen LogP contribution in [-0.2, 0) is 4.74 Å². The van der Waals surface area contributed by atoms with E-state index in [2.05, 4.69) is 26.2 Å². The van der Waals surface area contributed by atoms with Crippen molar-refractivity contribution in [2.24, 2.45) is 0 Å². The molecule has 2 aromatic carbocycles. The molecule has 1 N–H and O–H groups in total. The number of hydrogen-bond acceptors (Lipinski definition) is 4. The number of halogens is 3. The van der Waals surface area contributed by atoms with Crippen molar-refractivity contribution in [3.8, 4) is 0 Å². The molecule has 0 radical (unpaired) electrons. The molecule has 1 aromatic heterocycles. The highest BCUT2D eigenvalue weighted by molar-refractivity contribution is 9.10. The van der Waals surface area contributed by atoms with E-state index in [9.17, 15) is 4.79 Å². The molecular weight excluding hydrogens is 489 g/mol. The van der Waals surface area contributed by atoms with Gasteiger partial charge < -0.3 is 14.6 Å². The zero-order valence-corrected chi connectivity index (χ0v) is 19.9. The van der Waals surface area contributed by atoms with Crippen LogP contribution in [0.25, 0.3) is 0 Å². The molecule has 0 spiro atoms. The van der Waals surface area contributed by atoms with Crippen molar-refractivity contribution >= 4 is 50.8 Å². The first kappa shape index (κ1) is 22.7. The molecule has 3 rings (SSSR count). The zero-order chi connectivity index (χ0) is 21.8. The van der Waals surface area contributed by atoms with Gasteiger partial charge in [-0.05, 0) is 72.6 Å². The number of nitrogens with one attached hydrogen (secondary N) is 1. The summed E-state index contributed by atoms with van der Waals surface area (Å²) in [7, 11) is 0. The monoisotopic (exact) mass is 509 g/mol. The number of esters is 1. The van der Waals surface area contributed by atoms with Gasteiger partial charge in [0, 0.05) is 21.8 Å². The van der Waals surface area contributed by atoms with Gasteiger partial charge in [-0.1, -0.05) is 41.4 Å². The normalized spacial score (nSPS) is 12.1. The van der Waals surface area contributed by atoms with Gasteiger partial charge in [-0.3, -0.25) is 0 Å². The maximum Gasteiger partial charge on any atom is 0.358 e. The van der Waals surface area contributed by atoms with E-state index in [0.29, 0.717) is 20.5 Å². The maximum atomic E-state index is 12.8. The van der Waals surface area contributed by atoms with Crippen LogP contribution in [0.2, 0.25) is 10.0 Å². The van der Waals surface area contributed by atoms with Crippen molar-refractivity contribution in [3.05, 3.63) is 80.3 Å². The number of imidazole rings is 1. The summed E-state index contributed by atoms with van der Waals surface area (Å²) in [6.45, 7) is 6.09. The molecule has 0 aliphatic carbocycles. The Morgan fingerprint density at radius 2 is 1.87 bits per heavy atom. The molecule has 0 aliphatic rings. The van der Waals surface area contributed by atoms with Gasteiger partial charge in [-0.2, -0.15) is 0 Å². The molecule has 1 atom stereocenters. The lowest BCUT2D eigenvalue weighted by atomic mass is 10.0. The summed E-state index contributed by atoms with van der Waals surface area (Å²) in [6.07, 6.45) is 0. The molecule has 0 amide bonds. The minimum absolute atomic E-state index is 0.0426. The first-order chi connectivity index (χ1) is 14.3. The van der Waals surface area contributed by atoms with E-state index in [1.807, 2.05) is 66.9 Å². The van der Waals surface area contributed by atoms with Crippen LogP contribution in [0.15, 0.2) is 53.3 Å². The van der Waals surface area contributed by atoms with Crippen LogP contribution in [0.1, 0.15) is 54.6 Å². The average Bonchev–Trinajstić information content (AvgIpc) is 3.04. The zero-order valence-electron chi connectivity index (χ0n) is 16.8. The van der Waals surface area contributed by atoms with Gasteiger partial charge in [-0.25, -0.2) is 9.78 Å². The highest BCUT2D eigenvalue weighted by Gasteiger charge is 2.30. The quantitative estimate of drug-likeness (QED) is 0.351. The standard InChI is InChI=1S/C22H22BrCl2N3O2/c1-4-30-21(29)19-20(28(13(2)3)22(23)27-19)18(14-8-10-15(24)11-9-14)26-17-7-5-6-16(25)12-17/h5-13,18,26H,4H2,1-3H3. The lowest BCUT2D eigenvalue weighted by Crippen LogP contribution is -2.21. The van der Waals surface area contributed by atoms with E-state index in [1.54, 1.807) is 6.92 Å². The number of aromatic nitrogens is 2. The number of carbonyl (C=O) groups excluding carboxylic acids is 1. The fourth-order valence-electron chi connectivity index (χ4n) is 3.24. The van der Waals surface area contributed by atoms with Gasteiger partial charge in [0.05, 0.1) is 18.3 Å². The fourth-order valence-corrected chi connectivity index (χ4v) is 4.34. The predicted molar refractivity (Wildman–Crippen MR) is 125 cm³/mol. The van der Waals surface area contributed by atoms with E-state index < -0.39 is 12.0 Å². The highest BCUT2D eigenvalue weighted by atomic mass is 79.9. The number of anilines is 1. The number of hydrogen-bond donors (Lipinski definition) is 1. The summed E-state index contributed by atoms with van der Waals surface area (Å²) in [5, 5.41) is 4.74. The number of rotatable bonds is 7. The Kier molecular flexibility index (Phi) is 7.45. The smallest absolute Gasteiger partial charge is 0.358 e. The highest BCUT2D eigenvalue weighted by Crippen LogP contribution is 2.35. The molecule has 158 valence electrons. The number of benzene rings is 2. The summed E-state index contributed by atoms with van der Waals surface area (Å²) in [5.41, 5.74) is 2.67. The van der Waals surface area contributed by atoms with Crippen molar-refractivity contribution < 1.29 is 9.53 Å². The van der Waals surface area contributed by atoms with Crippen LogP contribution in [0.4, 0.5) is 5.69 Å². The molecule has 1 unspecified atom stereocenters.